The number of hydrogen-bond acceptors (Lipinski definition) is 11. The zero-order valence-electron chi connectivity index (χ0n) is 34.1. The van der Waals surface area contributed by atoms with E-state index in [4.69, 9.17) is 0 Å². The van der Waals surface area contributed by atoms with Crippen LogP contribution in [0.5, 0.6) is 0 Å². The smallest absolute Gasteiger partial charge is 0.320 e. The van der Waals surface area contributed by atoms with E-state index in [9.17, 15) is 39.3 Å². The van der Waals surface area contributed by atoms with E-state index in [1.807, 2.05) is 6.07 Å². The molecule has 1 aliphatic rings. The van der Waals surface area contributed by atoms with Gasteiger partial charge in [-0.3, -0.25) is 43.7 Å². The third-order valence-corrected chi connectivity index (χ3v) is 10.7. The van der Waals surface area contributed by atoms with Gasteiger partial charge in [0.05, 0.1) is 24.5 Å². The number of fused-ring (bicyclic) bond motifs is 2. The maximum absolute atomic E-state index is 12.6. The van der Waals surface area contributed by atoms with Crippen molar-refractivity contribution in [2.45, 2.75) is 142 Å². The van der Waals surface area contributed by atoms with Gasteiger partial charge in [-0.15, -0.1) is 0 Å². The number of unbranched alkanes of at least 4 members (excludes halogenated alkanes) is 15. The number of rotatable bonds is 29. The number of carboxylic acid groups (broad SMARTS) is 3. The van der Waals surface area contributed by atoms with Crippen LogP contribution in [0.25, 0.3) is 0 Å². The van der Waals surface area contributed by atoms with Crippen molar-refractivity contribution >= 4 is 29.3 Å². The molecule has 5 N–H and O–H groups in total. The monoisotopic (exact) mass is 942 g/mol. The minimum absolute atomic E-state index is 0. The standard InChI is InChI=1S/C42H68N6O8.Gd/c1-2-3-4-5-6-7-8-9-10-11-12-13-14-15-16-17-23-43-38-39(41(54)40(38)53)44-24-19-22-35(42(55)56)48-27-25-46(31-36(49)50)29-33-20-18-21-34(45-33)30-47(26-28-48)32-37(51)52;/h18,20-21,35,43-44H,2-17,19,22-32H2,1H3,(H,49,50)(H,51,52)(H,55,56);. The van der Waals surface area contributed by atoms with E-state index in [2.05, 4.69) is 22.5 Å². The van der Waals surface area contributed by atoms with E-state index in [1.54, 1.807) is 26.8 Å². The van der Waals surface area contributed by atoms with Crippen LogP contribution in [0.2, 0.25) is 0 Å². The molecule has 14 nitrogen and oxygen atoms in total. The van der Waals surface area contributed by atoms with Crippen molar-refractivity contribution in [3.8, 4) is 0 Å². The maximum atomic E-state index is 12.6. The van der Waals surface area contributed by atoms with E-state index in [-0.39, 0.29) is 111 Å². The summed E-state index contributed by atoms with van der Waals surface area (Å²) < 4.78 is 0. The van der Waals surface area contributed by atoms with Crippen LogP contribution in [0.3, 0.4) is 0 Å². The van der Waals surface area contributed by atoms with Crippen LogP contribution in [-0.4, -0.2) is 111 Å². The molecule has 2 heterocycles. The SMILES string of the molecule is CCCCCCCCCCCCCCCCCCNc1c(NCCCC(C(=O)O)N2CCN(CC(=O)O)Cc3cccc(n3)CN(CC(=O)O)CC2)c(=O)c1=O.[Gd]. The van der Waals surface area contributed by atoms with Crippen molar-refractivity contribution < 1.29 is 69.6 Å². The predicted molar refractivity (Wildman–Crippen MR) is 220 cm³/mol. The van der Waals surface area contributed by atoms with Crippen molar-refractivity contribution in [2.75, 3.05) is 63.0 Å². The van der Waals surface area contributed by atoms with Gasteiger partial charge in [-0.1, -0.05) is 109 Å². The van der Waals surface area contributed by atoms with Crippen LogP contribution < -0.4 is 21.5 Å². The fourth-order valence-corrected chi connectivity index (χ4v) is 7.52. The second kappa shape index (κ2) is 29.6. The number of nitrogens with one attached hydrogen (secondary N) is 2. The molecular formula is C42H68GdN6O8. The average Bonchev–Trinajstić information content (AvgIpc) is 3.15. The molecule has 0 aliphatic carbocycles. The van der Waals surface area contributed by atoms with Crippen molar-refractivity contribution in [3.05, 3.63) is 50.0 Å². The number of aliphatic carboxylic acids is 3. The number of nitrogens with zero attached hydrogens (tertiary/aromatic N) is 4. The number of carboxylic acids is 3. The van der Waals surface area contributed by atoms with Crippen molar-refractivity contribution in [2.24, 2.45) is 0 Å². The molecular weight excluding hydrogens is 874 g/mol. The first-order valence-electron chi connectivity index (χ1n) is 21.2. The molecule has 1 aliphatic heterocycles. The van der Waals surface area contributed by atoms with Gasteiger partial charge in [0.1, 0.15) is 17.4 Å². The number of hydrogen-bond donors (Lipinski definition) is 5. The Morgan fingerprint density at radius 2 is 1.04 bits per heavy atom. The molecule has 1 unspecified atom stereocenters. The van der Waals surface area contributed by atoms with Gasteiger partial charge in [-0.2, -0.15) is 0 Å². The van der Waals surface area contributed by atoms with Crippen molar-refractivity contribution in [1.29, 1.82) is 0 Å². The van der Waals surface area contributed by atoms with Gasteiger partial charge >= 0.3 is 17.9 Å². The Morgan fingerprint density at radius 1 is 0.632 bits per heavy atom. The molecule has 1 aromatic carbocycles. The summed E-state index contributed by atoms with van der Waals surface area (Å²) in [5.74, 6) is -3.06. The molecule has 322 valence electrons. The normalized spacial score (nSPS) is 15.0. The van der Waals surface area contributed by atoms with Gasteiger partial charge in [0.2, 0.25) is 0 Å². The summed E-state index contributed by atoms with van der Waals surface area (Å²) in [6, 6.07) is 4.45. The summed E-state index contributed by atoms with van der Waals surface area (Å²) in [5.41, 5.74) is 0.715. The van der Waals surface area contributed by atoms with Crippen LogP contribution in [0, 0.1) is 39.9 Å². The van der Waals surface area contributed by atoms with Crippen LogP contribution >= 0.6 is 0 Å². The molecule has 2 bridgehead atoms. The van der Waals surface area contributed by atoms with E-state index in [0.29, 0.717) is 30.0 Å². The fourth-order valence-electron chi connectivity index (χ4n) is 7.52. The molecule has 0 saturated heterocycles. The molecule has 1 aromatic heterocycles. The summed E-state index contributed by atoms with van der Waals surface area (Å²) >= 11 is 0. The molecule has 1 atom stereocenters. The first kappa shape index (κ1) is 50.6. The van der Waals surface area contributed by atoms with Crippen LogP contribution in [0.1, 0.15) is 134 Å². The summed E-state index contributed by atoms with van der Waals surface area (Å²) in [6.45, 7) is 4.14. The molecule has 57 heavy (non-hydrogen) atoms. The van der Waals surface area contributed by atoms with Gasteiger partial charge in [-0.25, -0.2) is 0 Å². The summed E-state index contributed by atoms with van der Waals surface area (Å²) in [4.78, 5) is 70.4. The minimum Gasteiger partial charge on any atom is -0.480 e. The summed E-state index contributed by atoms with van der Waals surface area (Å²) in [7, 11) is 0. The first-order chi connectivity index (χ1) is 27.1. The van der Waals surface area contributed by atoms with Gasteiger partial charge in [0.25, 0.3) is 10.9 Å². The zero-order chi connectivity index (χ0) is 40.5. The van der Waals surface area contributed by atoms with Crippen molar-refractivity contribution in [1.82, 2.24) is 19.7 Å². The molecule has 0 amide bonds. The Hall–Kier alpha value is -2.56. The molecule has 2 aromatic rings. The van der Waals surface area contributed by atoms with Crippen molar-refractivity contribution in [3.63, 3.8) is 0 Å². The van der Waals surface area contributed by atoms with E-state index in [0.717, 1.165) is 19.3 Å². The number of aromatic nitrogens is 1. The fraction of sp³-hybridized carbons (Fsp3) is 0.714. The van der Waals surface area contributed by atoms with Gasteiger partial charge in [-0.05, 0) is 31.4 Å². The predicted octanol–water partition coefficient (Wildman–Crippen LogP) is 5.79. The molecule has 0 fully saturated rings. The Balaban J connectivity index is 0.0000112. The Bertz CT molecular complexity index is 1490. The maximum Gasteiger partial charge on any atom is 0.320 e. The molecule has 3 rings (SSSR count). The Labute approximate surface area is 370 Å². The largest absolute Gasteiger partial charge is 0.480 e. The van der Waals surface area contributed by atoms with E-state index >= 15 is 0 Å². The summed E-state index contributed by atoms with van der Waals surface area (Å²) in [5, 5.41) is 35.6. The number of anilines is 2. The second-order valence-corrected chi connectivity index (χ2v) is 15.4. The summed E-state index contributed by atoms with van der Waals surface area (Å²) in [6.07, 6.45) is 21.1. The van der Waals surface area contributed by atoms with E-state index < -0.39 is 34.8 Å². The number of pyridine rings is 1. The molecule has 15 heteroatoms. The molecule has 0 radical (unpaired) electrons. The number of carbonyl (C=O) groups is 3. The van der Waals surface area contributed by atoms with Gasteiger partial charge in [0, 0.05) is 92.3 Å². The van der Waals surface area contributed by atoms with Crippen LogP contribution in [0.15, 0.2) is 27.8 Å². The van der Waals surface area contributed by atoms with Gasteiger partial charge < -0.3 is 26.0 Å². The average molecular weight is 942 g/mol. The zero-order valence-corrected chi connectivity index (χ0v) is 36.4. The van der Waals surface area contributed by atoms with Crippen LogP contribution in [0.4, 0.5) is 11.4 Å². The molecule has 0 saturated carbocycles. The first-order valence-corrected chi connectivity index (χ1v) is 21.2. The minimum atomic E-state index is -1.05. The third-order valence-electron chi connectivity index (χ3n) is 10.7. The van der Waals surface area contributed by atoms with E-state index in [1.165, 1.54) is 83.5 Å². The topological polar surface area (TPSA) is 193 Å². The van der Waals surface area contributed by atoms with Gasteiger partial charge in [0.15, 0.2) is 0 Å². The quantitative estimate of drug-likeness (QED) is 0.0487. The molecule has 0 spiro atoms. The Morgan fingerprint density at radius 3 is 1.44 bits per heavy atom. The Kier molecular flexibility index (Phi) is 26.3. The van der Waals surface area contributed by atoms with Crippen LogP contribution in [-0.2, 0) is 27.5 Å². The second-order valence-electron chi connectivity index (χ2n) is 15.4. The third kappa shape index (κ3) is 20.3.